The van der Waals surface area contributed by atoms with Gasteiger partial charge in [0.15, 0.2) is 11.5 Å². The van der Waals surface area contributed by atoms with Crippen molar-refractivity contribution in [3.8, 4) is 11.5 Å². The molecular weight excluding hydrogens is 742 g/mol. The van der Waals surface area contributed by atoms with Gasteiger partial charge in [-0.05, 0) is 101 Å². The number of imide groups is 1. The number of carbonyl (C=O) groups excluding carboxylic acids is 3. The molecule has 3 amide bonds. The second kappa shape index (κ2) is 13.4. The number of rotatable bonds is 9. The van der Waals surface area contributed by atoms with Gasteiger partial charge in [-0.25, -0.2) is 0 Å². The smallest absolute Gasteiger partial charge is 0.294 e. The molecule has 0 radical (unpaired) electrons. The molecule has 1 heterocycles. The summed E-state index contributed by atoms with van der Waals surface area (Å²) in [6, 6.07) is 15.7. The minimum atomic E-state index is -0.540. The predicted molar refractivity (Wildman–Crippen MR) is 167 cm³/mol. The number of hydrogen-bond acceptors (Lipinski definition) is 6. The minimum Gasteiger partial charge on any atom is -0.490 e. The number of amides is 3. The molecule has 0 unspecified atom stereocenters. The van der Waals surface area contributed by atoms with Gasteiger partial charge in [0.05, 0.1) is 15.1 Å². The number of anilines is 1. The first-order valence-electron chi connectivity index (χ1n) is 11.5. The number of carbonyl (C=O) groups is 3. The first kappa shape index (κ1) is 29.7. The lowest BCUT2D eigenvalue weighted by molar-refractivity contribution is -0.127. The van der Waals surface area contributed by atoms with E-state index >= 15 is 0 Å². The maximum Gasteiger partial charge on any atom is 0.294 e. The number of benzene rings is 3. The van der Waals surface area contributed by atoms with E-state index in [1.165, 1.54) is 0 Å². The van der Waals surface area contributed by atoms with E-state index in [1.54, 1.807) is 54.6 Å². The van der Waals surface area contributed by atoms with E-state index in [1.807, 2.05) is 13.0 Å². The van der Waals surface area contributed by atoms with Crippen LogP contribution in [0.25, 0.3) is 6.08 Å². The van der Waals surface area contributed by atoms with Gasteiger partial charge in [0, 0.05) is 25.8 Å². The average Bonchev–Trinajstić information content (AvgIpc) is 3.13. The van der Waals surface area contributed by atoms with E-state index < -0.39 is 17.1 Å². The number of thioether (sulfide) groups is 1. The fourth-order valence-corrected chi connectivity index (χ4v) is 5.87. The number of ether oxygens (including phenoxy) is 2. The molecule has 0 aromatic heterocycles. The minimum absolute atomic E-state index is 0.201. The van der Waals surface area contributed by atoms with Crippen molar-refractivity contribution in [3.63, 3.8) is 0 Å². The number of hydrogen-bond donors (Lipinski definition) is 1. The van der Waals surface area contributed by atoms with Gasteiger partial charge in [0.25, 0.3) is 11.1 Å². The van der Waals surface area contributed by atoms with Crippen LogP contribution in [-0.4, -0.2) is 35.1 Å². The molecule has 0 atom stereocenters. The molecule has 39 heavy (non-hydrogen) atoms. The van der Waals surface area contributed by atoms with E-state index in [9.17, 15) is 14.4 Å². The lowest BCUT2D eigenvalue weighted by Crippen LogP contribution is -2.36. The number of nitrogens with one attached hydrogen (secondary N) is 1. The van der Waals surface area contributed by atoms with Crippen molar-refractivity contribution in [1.29, 1.82) is 0 Å². The molecule has 12 heteroatoms. The van der Waals surface area contributed by atoms with Crippen LogP contribution in [0.15, 0.2) is 64.0 Å². The highest BCUT2D eigenvalue weighted by atomic mass is 127. The van der Waals surface area contributed by atoms with Gasteiger partial charge in [0.1, 0.15) is 13.2 Å². The molecule has 3 aromatic carbocycles. The Morgan fingerprint density at radius 1 is 1.10 bits per heavy atom. The van der Waals surface area contributed by atoms with Crippen LogP contribution >= 0.6 is 73.5 Å². The maximum absolute atomic E-state index is 13.0. The molecule has 0 saturated carbocycles. The lowest BCUT2D eigenvalue weighted by Gasteiger charge is -2.15. The summed E-state index contributed by atoms with van der Waals surface area (Å²) >= 11 is 18.5. The summed E-state index contributed by atoms with van der Waals surface area (Å²) in [5, 5.41) is 3.20. The molecule has 1 fully saturated rings. The third-order valence-electron chi connectivity index (χ3n) is 5.32. The largest absolute Gasteiger partial charge is 0.490 e. The Balaban J connectivity index is 1.49. The molecule has 4 rings (SSSR count). The van der Waals surface area contributed by atoms with Gasteiger partial charge in [-0.1, -0.05) is 45.2 Å². The Hall–Kier alpha value is -2.25. The van der Waals surface area contributed by atoms with Crippen molar-refractivity contribution in [2.45, 2.75) is 13.5 Å². The van der Waals surface area contributed by atoms with Crippen molar-refractivity contribution >= 4 is 102 Å². The molecule has 202 valence electrons. The Kier molecular flexibility index (Phi) is 10.2. The zero-order valence-corrected chi connectivity index (χ0v) is 26.4. The monoisotopic (exact) mass is 760 g/mol. The van der Waals surface area contributed by atoms with Gasteiger partial charge >= 0.3 is 0 Å². The molecule has 1 aliphatic rings. The van der Waals surface area contributed by atoms with Crippen LogP contribution in [0.5, 0.6) is 11.5 Å². The van der Waals surface area contributed by atoms with Gasteiger partial charge < -0.3 is 14.8 Å². The normalized spacial score (nSPS) is 14.2. The van der Waals surface area contributed by atoms with Gasteiger partial charge in [-0.15, -0.1) is 0 Å². The highest BCUT2D eigenvalue weighted by Crippen LogP contribution is 2.38. The Bertz CT molecular complexity index is 1470. The SMILES string of the molecule is CCOc1cc(/C=C2/SC(=O)N(CC(=O)Nc3ccc(Br)cc3)C2=O)cc(I)c1OCc1ccc(Cl)cc1Cl. The molecule has 0 bridgehead atoms. The van der Waals surface area contributed by atoms with Crippen molar-refractivity contribution in [1.82, 2.24) is 4.90 Å². The summed E-state index contributed by atoms with van der Waals surface area (Å²) in [5.41, 5.74) is 1.97. The summed E-state index contributed by atoms with van der Waals surface area (Å²) in [7, 11) is 0. The predicted octanol–water partition coefficient (Wildman–Crippen LogP) is 8.01. The number of nitrogens with zero attached hydrogens (tertiary/aromatic N) is 1. The highest BCUT2D eigenvalue weighted by Gasteiger charge is 2.36. The van der Waals surface area contributed by atoms with Crippen molar-refractivity contribution in [2.75, 3.05) is 18.5 Å². The van der Waals surface area contributed by atoms with Crippen LogP contribution in [0, 0.1) is 3.57 Å². The molecule has 0 aliphatic carbocycles. The molecule has 1 N–H and O–H groups in total. The second-order valence-corrected chi connectivity index (χ2v) is 12.0. The van der Waals surface area contributed by atoms with E-state index in [4.69, 9.17) is 32.7 Å². The zero-order chi connectivity index (χ0) is 28.1. The highest BCUT2D eigenvalue weighted by molar-refractivity contribution is 14.1. The fraction of sp³-hybridized carbons (Fsp3) is 0.148. The molecule has 1 saturated heterocycles. The van der Waals surface area contributed by atoms with E-state index in [0.717, 1.165) is 30.3 Å². The van der Waals surface area contributed by atoms with Crippen LogP contribution in [0.2, 0.25) is 10.0 Å². The van der Waals surface area contributed by atoms with Crippen LogP contribution in [-0.2, 0) is 16.2 Å². The fourth-order valence-electron chi connectivity index (χ4n) is 3.53. The Morgan fingerprint density at radius 3 is 2.54 bits per heavy atom. The number of halogens is 4. The zero-order valence-electron chi connectivity index (χ0n) is 20.3. The first-order chi connectivity index (χ1) is 18.6. The summed E-state index contributed by atoms with van der Waals surface area (Å²) in [6.07, 6.45) is 1.60. The summed E-state index contributed by atoms with van der Waals surface area (Å²) in [6.45, 7) is 2.05. The van der Waals surface area contributed by atoms with Crippen LogP contribution in [0.4, 0.5) is 10.5 Å². The molecular formula is C27H20BrCl2IN2O5S. The molecule has 1 aliphatic heterocycles. The molecule has 0 spiro atoms. The maximum atomic E-state index is 13.0. The van der Waals surface area contributed by atoms with Crippen molar-refractivity contribution < 1.29 is 23.9 Å². The van der Waals surface area contributed by atoms with Gasteiger partial charge in [-0.2, -0.15) is 0 Å². The summed E-state index contributed by atoms with van der Waals surface area (Å²) in [5.74, 6) is -0.00912. The average molecular weight is 762 g/mol. The van der Waals surface area contributed by atoms with Crippen LogP contribution < -0.4 is 14.8 Å². The molecule has 7 nitrogen and oxygen atoms in total. The lowest BCUT2D eigenvalue weighted by atomic mass is 10.1. The quantitative estimate of drug-likeness (QED) is 0.176. The van der Waals surface area contributed by atoms with E-state index in [0.29, 0.717) is 39.4 Å². The topological polar surface area (TPSA) is 84.9 Å². The van der Waals surface area contributed by atoms with Crippen LogP contribution in [0.3, 0.4) is 0 Å². The Labute approximate surface area is 261 Å². The van der Waals surface area contributed by atoms with Crippen molar-refractivity contribution in [3.05, 3.63) is 88.7 Å². The van der Waals surface area contributed by atoms with Gasteiger partial charge in [-0.3, -0.25) is 19.3 Å². The standard InChI is InChI=1S/C27H20BrCl2IN2O5S/c1-2-37-22-10-15(9-21(31)25(22)38-14-16-3-6-18(29)12-20(16)30)11-23-26(35)33(27(36)39-23)13-24(34)32-19-7-4-17(28)5-8-19/h3-12H,2,13-14H2,1H3,(H,32,34)/b23-11+. The van der Waals surface area contributed by atoms with E-state index in [2.05, 4.69) is 43.8 Å². The second-order valence-electron chi connectivity index (χ2n) is 8.11. The Morgan fingerprint density at radius 2 is 1.85 bits per heavy atom. The summed E-state index contributed by atoms with van der Waals surface area (Å²) in [4.78, 5) is 39.1. The first-order valence-corrected chi connectivity index (χ1v) is 14.9. The molecule has 3 aromatic rings. The third-order valence-corrected chi connectivity index (χ3v) is 8.14. The summed E-state index contributed by atoms with van der Waals surface area (Å²) < 4.78 is 13.5. The van der Waals surface area contributed by atoms with Crippen molar-refractivity contribution in [2.24, 2.45) is 0 Å². The van der Waals surface area contributed by atoms with Gasteiger partial charge in [0.2, 0.25) is 5.91 Å². The van der Waals surface area contributed by atoms with Crippen LogP contribution in [0.1, 0.15) is 18.1 Å². The van der Waals surface area contributed by atoms with E-state index in [-0.39, 0.29) is 18.1 Å². The third kappa shape index (κ3) is 7.69.